The van der Waals surface area contributed by atoms with Crippen LogP contribution in [0.3, 0.4) is 0 Å². The number of aldehydes is 1. The van der Waals surface area contributed by atoms with E-state index >= 15 is 0 Å². The van der Waals surface area contributed by atoms with E-state index in [2.05, 4.69) is 6.58 Å². The molecule has 0 aromatic carbocycles. The molecular weight excluding hydrogens is 132 g/mol. The van der Waals surface area contributed by atoms with Crippen LogP contribution in [-0.2, 0) is 9.59 Å². The first-order valence-electron chi connectivity index (χ1n) is 2.51. The molecule has 0 aromatic rings. The van der Waals surface area contributed by atoms with E-state index in [1.165, 1.54) is 12.2 Å². The molecule has 0 unspecified atom stereocenters. The van der Waals surface area contributed by atoms with Crippen LogP contribution in [0.4, 0.5) is 0 Å². The van der Waals surface area contributed by atoms with E-state index in [9.17, 15) is 9.59 Å². The fraction of sp³-hybridized carbons (Fsp3) is 0. The van der Waals surface area contributed by atoms with Gasteiger partial charge in [-0.25, -0.2) is 0 Å². The van der Waals surface area contributed by atoms with Crippen molar-refractivity contribution < 1.29 is 9.59 Å². The van der Waals surface area contributed by atoms with Crippen molar-refractivity contribution in [3.8, 4) is 0 Å². The van der Waals surface area contributed by atoms with Gasteiger partial charge >= 0.3 is 0 Å². The molecule has 3 heteroatoms. The van der Waals surface area contributed by atoms with Crippen molar-refractivity contribution in [1.29, 1.82) is 0 Å². The molecule has 0 fully saturated rings. The second-order valence-electron chi connectivity index (χ2n) is 1.55. The summed E-state index contributed by atoms with van der Waals surface area (Å²) >= 11 is 0. The number of rotatable bonds is 3. The van der Waals surface area contributed by atoms with Gasteiger partial charge < -0.3 is 0 Å². The smallest absolute Gasteiger partial charge is 0.176 e. The van der Waals surface area contributed by atoms with Crippen molar-refractivity contribution in [1.82, 2.24) is 0 Å². The summed E-state index contributed by atoms with van der Waals surface area (Å²) < 4.78 is 0. The molecule has 0 N–H and O–H groups in total. The SMILES string of the molecule is C=CC(=O)C([SiH3])=CC=O. The second kappa shape index (κ2) is 3.97. The first-order chi connectivity index (χ1) is 4.22. The van der Waals surface area contributed by atoms with Crippen molar-refractivity contribution in [2.24, 2.45) is 0 Å². The molecule has 48 valence electrons. The highest BCUT2D eigenvalue weighted by atomic mass is 28.1. The second-order valence-corrected chi connectivity index (χ2v) is 2.63. The predicted octanol–water partition coefficient (Wildman–Crippen LogP) is -0.810. The van der Waals surface area contributed by atoms with Crippen molar-refractivity contribution in [2.75, 3.05) is 0 Å². The van der Waals surface area contributed by atoms with Crippen LogP contribution in [-0.4, -0.2) is 22.3 Å². The summed E-state index contributed by atoms with van der Waals surface area (Å²) in [6.07, 6.45) is 3.10. The largest absolute Gasteiger partial charge is 0.299 e. The number of hydrogen-bond donors (Lipinski definition) is 0. The van der Waals surface area contributed by atoms with Crippen LogP contribution in [0, 0.1) is 0 Å². The Morgan fingerprint density at radius 3 is 2.44 bits per heavy atom. The third-order valence-electron chi connectivity index (χ3n) is 0.892. The van der Waals surface area contributed by atoms with Gasteiger partial charge in [0.25, 0.3) is 0 Å². The van der Waals surface area contributed by atoms with E-state index in [4.69, 9.17) is 0 Å². The van der Waals surface area contributed by atoms with Crippen LogP contribution in [0.5, 0.6) is 0 Å². The Labute approximate surface area is 56.7 Å². The zero-order valence-corrected chi connectivity index (χ0v) is 7.26. The molecule has 0 aromatic heterocycles. The lowest BCUT2D eigenvalue weighted by Gasteiger charge is -1.86. The summed E-state index contributed by atoms with van der Waals surface area (Å²) in [6, 6.07) is 0. The highest BCUT2D eigenvalue weighted by molar-refractivity contribution is 6.39. The zero-order chi connectivity index (χ0) is 7.28. The minimum atomic E-state index is -0.145. The average molecular weight is 140 g/mol. The van der Waals surface area contributed by atoms with Gasteiger partial charge in [0.1, 0.15) is 6.29 Å². The monoisotopic (exact) mass is 140 g/mol. The molecule has 0 radical (unpaired) electrons. The highest BCUT2D eigenvalue weighted by Gasteiger charge is 1.94. The maximum Gasteiger partial charge on any atom is 0.176 e. The van der Waals surface area contributed by atoms with E-state index in [1.807, 2.05) is 0 Å². The number of allylic oxidation sites excluding steroid dienone is 3. The molecule has 0 aliphatic carbocycles. The van der Waals surface area contributed by atoms with Gasteiger partial charge in [-0.05, 0) is 17.3 Å². The van der Waals surface area contributed by atoms with Gasteiger partial charge in [-0.3, -0.25) is 9.59 Å². The molecule has 0 aliphatic heterocycles. The number of carbonyl (C=O) groups is 2. The fourth-order valence-corrected chi connectivity index (χ4v) is 0.685. The maximum absolute atomic E-state index is 10.6. The van der Waals surface area contributed by atoms with E-state index in [0.29, 0.717) is 21.7 Å². The summed E-state index contributed by atoms with van der Waals surface area (Å²) in [6.45, 7) is 3.28. The standard InChI is InChI=1S/C6H8O2Si/c1-2-5(8)6(9)3-4-7/h2-4H,1H2,9H3. The molecule has 2 nitrogen and oxygen atoms in total. The van der Waals surface area contributed by atoms with Gasteiger partial charge in [-0.2, -0.15) is 0 Å². The average Bonchev–Trinajstić information content (AvgIpc) is 1.87. The molecule has 0 heterocycles. The summed E-state index contributed by atoms with van der Waals surface area (Å²) in [7, 11) is 0.601. The minimum Gasteiger partial charge on any atom is -0.299 e. The third-order valence-corrected chi connectivity index (χ3v) is 1.72. The van der Waals surface area contributed by atoms with Crippen LogP contribution in [0.1, 0.15) is 0 Å². The molecule has 0 saturated heterocycles. The zero-order valence-electron chi connectivity index (χ0n) is 5.26. The minimum absolute atomic E-state index is 0.145. The molecule has 0 rings (SSSR count). The highest BCUT2D eigenvalue weighted by Crippen LogP contribution is 1.87. The lowest BCUT2D eigenvalue weighted by Crippen LogP contribution is -1.96. The molecule has 9 heavy (non-hydrogen) atoms. The van der Waals surface area contributed by atoms with Crippen molar-refractivity contribution in [3.63, 3.8) is 0 Å². The lowest BCUT2D eigenvalue weighted by molar-refractivity contribution is -0.111. The van der Waals surface area contributed by atoms with Crippen LogP contribution in [0.15, 0.2) is 23.9 Å². The topological polar surface area (TPSA) is 34.1 Å². The van der Waals surface area contributed by atoms with Crippen LogP contribution in [0.2, 0.25) is 0 Å². The number of hydrogen-bond acceptors (Lipinski definition) is 2. The molecule has 0 bridgehead atoms. The molecule has 0 saturated carbocycles. The normalized spacial score (nSPS) is 10.9. The predicted molar refractivity (Wildman–Crippen MR) is 39.3 cm³/mol. The van der Waals surface area contributed by atoms with Crippen molar-refractivity contribution in [3.05, 3.63) is 23.9 Å². The van der Waals surface area contributed by atoms with E-state index in [0.717, 1.165) is 0 Å². The van der Waals surface area contributed by atoms with Crippen LogP contribution >= 0.6 is 0 Å². The third kappa shape index (κ3) is 2.76. The summed E-state index contributed by atoms with van der Waals surface area (Å²) in [5.74, 6) is -0.145. The number of carbonyl (C=O) groups excluding carboxylic acids is 2. The summed E-state index contributed by atoms with van der Waals surface area (Å²) in [5.41, 5.74) is 0. The molecular formula is C6H8O2Si. The van der Waals surface area contributed by atoms with Gasteiger partial charge in [0.2, 0.25) is 0 Å². The van der Waals surface area contributed by atoms with Crippen LogP contribution in [0.25, 0.3) is 0 Å². The molecule has 0 atom stereocenters. The van der Waals surface area contributed by atoms with E-state index < -0.39 is 0 Å². The van der Waals surface area contributed by atoms with Gasteiger partial charge in [0.05, 0.1) is 0 Å². The number of ketones is 1. The fourth-order valence-electron chi connectivity index (χ4n) is 0.345. The molecule has 0 spiro atoms. The van der Waals surface area contributed by atoms with Gasteiger partial charge in [0.15, 0.2) is 5.78 Å². The Kier molecular flexibility index (Phi) is 3.55. The first-order valence-corrected chi connectivity index (χ1v) is 3.51. The molecule has 0 aliphatic rings. The summed E-state index contributed by atoms with van der Waals surface area (Å²) in [4.78, 5) is 20.4. The van der Waals surface area contributed by atoms with Crippen molar-refractivity contribution >= 4 is 22.3 Å². The Balaban J connectivity index is 4.18. The van der Waals surface area contributed by atoms with Crippen LogP contribution < -0.4 is 0 Å². The van der Waals surface area contributed by atoms with E-state index in [1.54, 1.807) is 0 Å². The van der Waals surface area contributed by atoms with E-state index in [-0.39, 0.29) is 5.78 Å². The maximum atomic E-state index is 10.6. The lowest BCUT2D eigenvalue weighted by atomic mass is 10.3. The van der Waals surface area contributed by atoms with Gasteiger partial charge in [-0.15, -0.1) is 0 Å². The Morgan fingerprint density at radius 2 is 2.11 bits per heavy atom. The van der Waals surface area contributed by atoms with Crippen molar-refractivity contribution in [2.45, 2.75) is 0 Å². The van der Waals surface area contributed by atoms with Gasteiger partial charge in [0, 0.05) is 10.2 Å². The Bertz CT molecular complexity index is 170. The Morgan fingerprint density at radius 1 is 1.56 bits per heavy atom. The van der Waals surface area contributed by atoms with Gasteiger partial charge in [-0.1, -0.05) is 6.58 Å². The summed E-state index contributed by atoms with van der Waals surface area (Å²) in [5, 5.41) is 0.556. The molecule has 0 amide bonds. The quantitative estimate of drug-likeness (QED) is 0.292. The Hall–Kier alpha value is -0.963. The first kappa shape index (κ1) is 8.04.